The van der Waals surface area contributed by atoms with Gasteiger partial charge in [-0.25, -0.2) is 0 Å². The Bertz CT molecular complexity index is 228. The third-order valence-corrected chi connectivity index (χ3v) is 3.91. The third kappa shape index (κ3) is 6.21. The van der Waals surface area contributed by atoms with Crippen LogP contribution in [0.15, 0.2) is 0 Å². The van der Waals surface area contributed by atoms with E-state index >= 15 is 0 Å². The smallest absolute Gasteiger partial charge is 0.0589 e. The van der Waals surface area contributed by atoms with Crippen LogP contribution >= 0.6 is 0 Å². The summed E-state index contributed by atoms with van der Waals surface area (Å²) in [6.07, 6.45) is 2.44. The highest BCUT2D eigenvalue weighted by Crippen LogP contribution is 2.29. The average Bonchev–Trinajstić information content (AvgIpc) is 2.42. The zero-order valence-electron chi connectivity index (χ0n) is 13.2. The number of hydrogen-bond donors (Lipinski definition) is 1. The van der Waals surface area contributed by atoms with Crippen LogP contribution in [0.3, 0.4) is 0 Å². The molecular weight excluding hydrogens is 240 g/mol. The Balaban J connectivity index is 2.55. The summed E-state index contributed by atoms with van der Waals surface area (Å²) in [5.74, 6) is 0. The molecule has 0 amide bonds. The lowest BCUT2D eigenvalue weighted by Crippen LogP contribution is -2.50. The topological polar surface area (TPSA) is 33.7 Å². The number of nitrogens with one attached hydrogen (secondary N) is 1. The summed E-state index contributed by atoms with van der Waals surface area (Å²) in [5, 5.41) is 3.60. The van der Waals surface area contributed by atoms with Gasteiger partial charge < -0.3 is 19.7 Å². The molecule has 1 N–H and O–H groups in total. The van der Waals surface area contributed by atoms with Crippen LogP contribution < -0.4 is 5.32 Å². The summed E-state index contributed by atoms with van der Waals surface area (Å²) in [6.45, 7) is 13.5. The summed E-state index contributed by atoms with van der Waals surface area (Å²) in [5.41, 5.74) is 0.270. The van der Waals surface area contributed by atoms with Crippen molar-refractivity contribution in [3.63, 3.8) is 0 Å². The Labute approximate surface area is 118 Å². The third-order valence-electron chi connectivity index (χ3n) is 3.91. The van der Waals surface area contributed by atoms with Crippen molar-refractivity contribution in [2.45, 2.75) is 39.7 Å². The molecule has 1 atom stereocenters. The summed E-state index contributed by atoms with van der Waals surface area (Å²) in [6, 6.07) is 0.535. The quantitative estimate of drug-likeness (QED) is 0.693. The molecule has 1 aliphatic rings. The van der Waals surface area contributed by atoms with E-state index in [9.17, 15) is 0 Å². The lowest BCUT2D eigenvalue weighted by molar-refractivity contribution is -0.0288. The van der Waals surface area contributed by atoms with Crippen LogP contribution in [0.2, 0.25) is 0 Å². The van der Waals surface area contributed by atoms with E-state index in [1.165, 1.54) is 12.8 Å². The molecule has 0 bridgehead atoms. The first-order valence-corrected chi connectivity index (χ1v) is 7.64. The van der Waals surface area contributed by atoms with Crippen molar-refractivity contribution in [2.75, 3.05) is 53.1 Å². The van der Waals surface area contributed by atoms with Gasteiger partial charge in [-0.15, -0.1) is 0 Å². The maximum Gasteiger partial charge on any atom is 0.0589 e. The molecule has 4 heteroatoms. The molecule has 0 aromatic rings. The first-order valence-electron chi connectivity index (χ1n) is 7.64. The number of ether oxygens (including phenoxy) is 2. The second-order valence-corrected chi connectivity index (χ2v) is 6.05. The van der Waals surface area contributed by atoms with E-state index in [2.05, 4.69) is 31.0 Å². The molecule has 0 aromatic carbocycles. The number of nitrogens with zero attached hydrogens (tertiary/aromatic N) is 1. The molecule has 4 nitrogen and oxygen atoms in total. The van der Waals surface area contributed by atoms with E-state index < -0.39 is 0 Å². The predicted octanol–water partition coefficient (Wildman–Crippen LogP) is 1.75. The summed E-state index contributed by atoms with van der Waals surface area (Å²) in [4.78, 5) is 2.49. The Morgan fingerprint density at radius 1 is 1.42 bits per heavy atom. The number of hydrogen-bond acceptors (Lipinski definition) is 4. The van der Waals surface area contributed by atoms with Crippen molar-refractivity contribution in [3.05, 3.63) is 0 Å². The maximum atomic E-state index is 5.77. The van der Waals surface area contributed by atoms with Crippen molar-refractivity contribution in [1.29, 1.82) is 0 Å². The van der Waals surface area contributed by atoms with Crippen molar-refractivity contribution in [1.82, 2.24) is 10.2 Å². The van der Waals surface area contributed by atoms with E-state index in [4.69, 9.17) is 9.47 Å². The Morgan fingerprint density at radius 3 is 2.74 bits per heavy atom. The standard InChI is InChI=1S/C15H32N2O2/c1-5-17(8-10-18-4)12-15(11-16-14(2)3)7-6-9-19-13-15/h14,16H,5-13H2,1-4H3. The van der Waals surface area contributed by atoms with E-state index in [1.807, 2.05) is 0 Å². The van der Waals surface area contributed by atoms with Crippen molar-refractivity contribution in [2.24, 2.45) is 5.41 Å². The molecule has 1 saturated heterocycles. The van der Waals surface area contributed by atoms with Crippen LogP contribution in [0, 0.1) is 5.41 Å². The molecule has 0 aliphatic carbocycles. The van der Waals surface area contributed by atoms with Crippen LogP contribution in [-0.2, 0) is 9.47 Å². The van der Waals surface area contributed by atoms with Gasteiger partial charge in [0.05, 0.1) is 13.2 Å². The van der Waals surface area contributed by atoms with E-state index in [1.54, 1.807) is 7.11 Å². The molecule has 1 fully saturated rings. The van der Waals surface area contributed by atoms with Gasteiger partial charge in [-0.2, -0.15) is 0 Å². The second kappa shape index (κ2) is 8.90. The van der Waals surface area contributed by atoms with Crippen molar-refractivity contribution in [3.8, 4) is 0 Å². The Morgan fingerprint density at radius 2 is 2.21 bits per heavy atom. The van der Waals surface area contributed by atoms with Crippen molar-refractivity contribution < 1.29 is 9.47 Å². The van der Waals surface area contributed by atoms with Crippen LogP contribution in [0.25, 0.3) is 0 Å². The van der Waals surface area contributed by atoms with Crippen LogP contribution in [0.5, 0.6) is 0 Å². The fraction of sp³-hybridized carbons (Fsp3) is 1.00. The largest absolute Gasteiger partial charge is 0.383 e. The van der Waals surface area contributed by atoms with Crippen LogP contribution in [-0.4, -0.2) is 64.1 Å². The van der Waals surface area contributed by atoms with E-state index in [0.717, 1.165) is 46.0 Å². The molecule has 0 radical (unpaired) electrons. The van der Waals surface area contributed by atoms with Gasteiger partial charge in [0.2, 0.25) is 0 Å². The molecule has 1 unspecified atom stereocenters. The van der Waals surface area contributed by atoms with Gasteiger partial charge in [-0.1, -0.05) is 20.8 Å². The fourth-order valence-corrected chi connectivity index (χ4v) is 2.69. The lowest BCUT2D eigenvalue weighted by atomic mass is 9.81. The normalized spacial score (nSPS) is 24.3. The maximum absolute atomic E-state index is 5.77. The highest BCUT2D eigenvalue weighted by Gasteiger charge is 2.34. The number of methoxy groups -OCH3 is 1. The zero-order valence-corrected chi connectivity index (χ0v) is 13.2. The molecule has 0 aromatic heterocycles. The molecule has 114 valence electrons. The van der Waals surface area contributed by atoms with Gasteiger partial charge in [-0.3, -0.25) is 0 Å². The van der Waals surface area contributed by atoms with Gasteiger partial charge in [0, 0.05) is 44.8 Å². The predicted molar refractivity (Wildman–Crippen MR) is 79.6 cm³/mol. The Kier molecular flexibility index (Phi) is 7.91. The average molecular weight is 272 g/mol. The SMILES string of the molecule is CCN(CCOC)CC1(CNC(C)C)CCCOC1. The zero-order chi connectivity index (χ0) is 14.1. The van der Waals surface area contributed by atoms with Crippen molar-refractivity contribution >= 4 is 0 Å². The minimum absolute atomic E-state index is 0.270. The first-order chi connectivity index (χ1) is 9.12. The molecule has 0 spiro atoms. The van der Waals surface area contributed by atoms with E-state index in [0.29, 0.717) is 6.04 Å². The summed E-state index contributed by atoms with van der Waals surface area (Å²) in [7, 11) is 1.77. The minimum atomic E-state index is 0.270. The summed E-state index contributed by atoms with van der Waals surface area (Å²) < 4.78 is 11.0. The monoisotopic (exact) mass is 272 g/mol. The highest BCUT2D eigenvalue weighted by molar-refractivity contribution is 4.87. The number of likely N-dealkylation sites (N-methyl/N-ethyl adjacent to an activating group) is 1. The lowest BCUT2D eigenvalue weighted by Gasteiger charge is -2.41. The number of rotatable bonds is 9. The van der Waals surface area contributed by atoms with E-state index in [-0.39, 0.29) is 5.41 Å². The highest BCUT2D eigenvalue weighted by atomic mass is 16.5. The van der Waals surface area contributed by atoms with Gasteiger partial charge in [0.15, 0.2) is 0 Å². The van der Waals surface area contributed by atoms with Gasteiger partial charge in [0.25, 0.3) is 0 Å². The summed E-state index contributed by atoms with van der Waals surface area (Å²) >= 11 is 0. The Hall–Kier alpha value is -0.160. The second-order valence-electron chi connectivity index (χ2n) is 6.05. The molecule has 0 saturated carbocycles. The van der Waals surface area contributed by atoms with Gasteiger partial charge >= 0.3 is 0 Å². The molecule has 19 heavy (non-hydrogen) atoms. The fourth-order valence-electron chi connectivity index (χ4n) is 2.69. The first kappa shape index (κ1) is 16.9. The molecule has 1 rings (SSSR count). The van der Waals surface area contributed by atoms with Crippen LogP contribution in [0.1, 0.15) is 33.6 Å². The minimum Gasteiger partial charge on any atom is -0.383 e. The molecular formula is C15H32N2O2. The van der Waals surface area contributed by atoms with Gasteiger partial charge in [0.1, 0.15) is 0 Å². The van der Waals surface area contributed by atoms with Crippen LogP contribution in [0.4, 0.5) is 0 Å². The molecule has 1 aliphatic heterocycles. The van der Waals surface area contributed by atoms with Gasteiger partial charge in [-0.05, 0) is 19.4 Å². The molecule has 1 heterocycles.